The molecule has 0 saturated carbocycles. The second-order valence-electron chi connectivity index (χ2n) is 4.45. The summed E-state index contributed by atoms with van der Waals surface area (Å²) in [6, 6.07) is 14.1. The van der Waals surface area contributed by atoms with Gasteiger partial charge in [-0.2, -0.15) is 0 Å². The van der Waals surface area contributed by atoms with Crippen molar-refractivity contribution in [3.8, 4) is 5.75 Å². The summed E-state index contributed by atoms with van der Waals surface area (Å²) >= 11 is 0. The molecule has 1 aromatic carbocycles. The Morgan fingerprint density at radius 2 is 1.84 bits per heavy atom. The highest BCUT2D eigenvalue weighted by Crippen LogP contribution is 2.17. The summed E-state index contributed by atoms with van der Waals surface area (Å²) in [7, 11) is 0. The van der Waals surface area contributed by atoms with Crippen LogP contribution in [0.1, 0.15) is 23.9 Å². The largest absolute Gasteiger partial charge is 0.487 e. The van der Waals surface area contributed by atoms with E-state index in [-0.39, 0.29) is 0 Å². The number of aromatic nitrogens is 1. The van der Waals surface area contributed by atoms with Crippen molar-refractivity contribution in [2.45, 2.75) is 27.0 Å². The molecule has 1 N–H and O–H groups in total. The first-order chi connectivity index (χ1) is 9.29. The third kappa shape index (κ3) is 4.07. The van der Waals surface area contributed by atoms with Crippen LogP contribution >= 0.6 is 0 Å². The number of pyridine rings is 1. The number of benzene rings is 1. The van der Waals surface area contributed by atoms with E-state index in [2.05, 4.69) is 17.2 Å². The van der Waals surface area contributed by atoms with Crippen LogP contribution in [0.4, 0.5) is 0 Å². The number of nitrogens with zero attached hydrogens (tertiary/aromatic N) is 1. The van der Waals surface area contributed by atoms with Gasteiger partial charge >= 0.3 is 0 Å². The van der Waals surface area contributed by atoms with Crippen molar-refractivity contribution < 1.29 is 4.74 Å². The highest BCUT2D eigenvalue weighted by Gasteiger charge is 2.01. The first-order valence-electron chi connectivity index (χ1n) is 6.63. The molecule has 0 spiro atoms. The Labute approximate surface area is 114 Å². The number of hydrogen-bond donors (Lipinski definition) is 1. The number of nitrogens with one attached hydrogen (secondary N) is 1. The van der Waals surface area contributed by atoms with E-state index < -0.39 is 0 Å². The molecule has 0 atom stereocenters. The lowest BCUT2D eigenvalue weighted by Gasteiger charge is -2.09. The zero-order chi connectivity index (χ0) is 13.5. The minimum Gasteiger partial charge on any atom is -0.487 e. The summed E-state index contributed by atoms with van der Waals surface area (Å²) in [6.45, 7) is 6.39. The van der Waals surface area contributed by atoms with E-state index >= 15 is 0 Å². The van der Waals surface area contributed by atoms with Gasteiger partial charge in [-0.25, -0.2) is 0 Å². The lowest BCUT2D eigenvalue weighted by molar-refractivity contribution is 0.299. The van der Waals surface area contributed by atoms with Crippen LogP contribution in [0, 0.1) is 6.92 Å². The fourth-order valence-corrected chi connectivity index (χ4v) is 1.83. The molecule has 0 aliphatic carbocycles. The average Bonchev–Trinajstić information content (AvgIpc) is 2.45. The molecule has 3 nitrogen and oxygen atoms in total. The van der Waals surface area contributed by atoms with Crippen LogP contribution in [-0.2, 0) is 13.2 Å². The standard InChI is InChI=1S/C16H20N2O/c1-3-17-11-14-8-6-9-15(18-14)12-19-16-10-5-4-7-13(16)2/h4-10,17H,3,11-12H2,1-2H3. The Morgan fingerprint density at radius 3 is 2.63 bits per heavy atom. The molecule has 2 rings (SSSR count). The van der Waals surface area contributed by atoms with Crippen LogP contribution in [0.25, 0.3) is 0 Å². The van der Waals surface area contributed by atoms with Gasteiger partial charge in [0, 0.05) is 6.54 Å². The molecule has 3 heteroatoms. The van der Waals surface area contributed by atoms with Crippen molar-refractivity contribution in [2.75, 3.05) is 6.54 Å². The summed E-state index contributed by atoms with van der Waals surface area (Å²) in [5, 5.41) is 3.27. The fourth-order valence-electron chi connectivity index (χ4n) is 1.83. The van der Waals surface area contributed by atoms with Gasteiger partial charge in [0.2, 0.25) is 0 Å². The highest BCUT2D eigenvalue weighted by molar-refractivity contribution is 5.31. The second-order valence-corrected chi connectivity index (χ2v) is 4.45. The fraction of sp³-hybridized carbons (Fsp3) is 0.312. The Kier molecular flexibility index (Phi) is 4.93. The van der Waals surface area contributed by atoms with Gasteiger partial charge < -0.3 is 10.1 Å². The van der Waals surface area contributed by atoms with Gasteiger partial charge in [-0.05, 0) is 37.2 Å². The van der Waals surface area contributed by atoms with Gasteiger partial charge in [0.1, 0.15) is 12.4 Å². The molecule has 19 heavy (non-hydrogen) atoms. The number of para-hydroxylation sites is 1. The van der Waals surface area contributed by atoms with Crippen LogP contribution < -0.4 is 10.1 Å². The summed E-state index contributed by atoms with van der Waals surface area (Å²) in [5.41, 5.74) is 3.15. The normalized spacial score (nSPS) is 10.4. The van der Waals surface area contributed by atoms with E-state index in [0.717, 1.165) is 35.8 Å². The Balaban J connectivity index is 1.98. The van der Waals surface area contributed by atoms with Crippen molar-refractivity contribution in [3.63, 3.8) is 0 Å². The van der Waals surface area contributed by atoms with Gasteiger partial charge in [-0.15, -0.1) is 0 Å². The Morgan fingerprint density at radius 1 is 1.05 bits per heavy atom. The van der Waals surface area contributed by atoms with Crippen LogP contribution in [0.15, 0.2) is 42.5 Å². The summed E-state index contributed by atoms with van der Waals surface area (Å²) in [5.74, 6) is 0.918. The molecule has 0 bridgehead atoms. The van der Waals surface area contributed by atoms with Crippen molar-refractivity contribution in [2.24, 2.45) is 0 Å². The number of rotatable bonds is 6. The smallest absolute Gasteiger partial charge is 0.130 e. The van der Waals surface area contributed by atoms with Gasteiger partial charge in [-0.3, -0.25) is 4.98 Å². The molecule has 1 heterocycles. The first kappa shape index (κ1) is 13.6. The minimum atomic E-state index is 0.505. The second kappa shape index (κ2) is 6.90. The molecule has 0 radical (unpaired) electrons. The minimum absolute atomic E-state index is 0.505. The predicted molar refractivity (Wildman–Crippen MR) is 77.1 cm³/mol. The van der Waals surface area contributed by atoms with Crippen LogP contribution in [0.2, 0.25) is 0 Å². The maximum Gasteiger partial charge on any atom is 0.130 e. The quantitative estimate of drug-likeness (QED) is 0.862. The third-order valence-electron chi connectivity index (χ3n) is 2.89. The monoisotopic (exact) mass is 256 g/mol. The average molecular weight is 256 g/mol. The molecule has 0 saturated heterocycles. The van der Waals surface area contributed by atoms with Crippen LogP contribution in [0.5, 0.6) is 5.75 Å². The number of ether oxygens (including phenoxy) is 1. The molecule has 1 aromatic heterocycles. The van der Waals surface area contributed by atoms with Crippen LogP contribution in [-0.4, -0.2) is 11.5 Å². The molecular weight excluding hydrogens is 236 g/mol. The highest BCUT2D eigenvalue weighted by atomic mass is 16.5. The molecule has 2 aromatic rings. The topological polar surface area (TPSA) is 34.1 Å². The van der Waals surface area contributed by atoms with Gasteiger partial charge in [0.15, 0.2) is 0 Å². The molecule has 0 amide bonds. The molecule has 100 valence electrons. The molecule has 0 unspecified atom stereocenters. The SMILES string of the molecule is CCNCc1cccc(COc2ccccc2C)n1. The lowest BCUT2D eigenvalue weighted by Crippen LogP contribution is -2.13. The molecule has 0 aliphatic rings. The molecular formula is C16H20N2O. The maximum absolute atomic E-state index is 5.80. The zero-order valence-electron chi connectivity index (χ0n) is 11.5. The van der Waals surface area contributed by atoms with E-state index in [1.807, 2.05) is 49.4 Å². The van der Waals surface area contributed by atoms with Gasteiger partial charge in [0.25, 0.3) is 0 Å². The van der Waals surface area contributed by atoms with E-state index in [1.54, 1.807) is 0 Å². The number of hydrogen-bond acceptors (Lipinski definition) is 3. The maximum atomic E-state index is 5.80. The van der Waals surface area contributed by atoms with Crippen molar-refractivity contribution in [1.82, 2.24) is 10.3 Å². The van der Waals surface area contributed by atoms with Crippen molar-refractivity contribution >= 4 is 0 Å². The van der Waals surface area contributed by atoms with Gasteiger partial charge in [-0.1, -0.05) is 31.2 Å². The van der Waals surface area contributed by atoms with E-state index in [1.165, 1.54) is 0 Å². The Hall–Kier alpha value is -1.87. The zero-order valence-corrected chi connectivity index (χ0v) is 11.5. The lowest BCUT2D eigenvalue weighted by atomic mass is 10.2. The number of aryl methyl sites for hydroxylation is 1. The summed E-state index contributed by atoms with van der Waals surface area (Å²) in [4.78, 5) is 4.57. The van der Waals surface area contributed by atoms with Gasteiger partial charge in [0.05, 0.1) is 11.4 Å². The van der Waals surface area contributed by atoms with Crippen molar-refractivity contribution in [3.05, 3.63) is 59.4 Å². The van der Waals surface area contributed by atoms with Crippen molar-refractivity contribution in [1.29, 1.82) is 0 Å². The van der Waals surface area contributed by atoms with Crippen LogP contribution in [0.3, 0.4) is 0 Å². The third-order valence-corrected chi connectivity index (χ3v) is 2.89. The molecule has 0 fully saturated rings. The summed E-state index contributed by atoms with van der Waals surface area (Å²) in [6.07, 6.45) is 0. The van der Waals surface area contributed by atoms with E-state index in [0.29, 0.717) is 6.61 Å². The first-order valence-corrected chi connectivity index (χ1v) is 6.63. The summed E-state index contributed by atoms with van der Waals surface area (Å²) < 4.78 is 5.80. The van der Waals surface area contributed by atoms with E-state index in [9.17, 15) is 0 Å². The van der Waals surface area contributed by atoms with E-state index in [4.69, 9.17) is 4.74 Å². The molecule has 0 aliphatic heterocycles. The predicted octanol–water partition coefficient (Wildman–Crippen LogP) is 3.08. The Bertz CT molecular complexity index is 526.